The Bertz CT molecular complexity index is 550. The average molecular weight is 355 g/mol. The van der Waals surface area contributed by atoms with E-state index in [2.05, 4.69) is 0 Å². The van der Waals surface area contributed by atoms with Gasteiger partial charge in [0.1, 0.15) is 0 Å². The first-order valence-corrected chi connectivity index (χ1v) is 8.94. The van der Waals surface area contributed by atoms with Gasteiger partial charge >= 0.3 is 0 Å². The molecule has 0 aliphatic heterocycles. The maximum atomic E-state index is 6.23. The lowest BCUT2D eigenvalue weighted by Crippen LogP contribution is -2.01. The first-order chi connectivity index (χ1) is 11.1. The molecule has 1 unspecified atom stereocenters. The van der Waals surface area contributed by atoms with Gasteiger partial charge < -0.3 is 4.74 Å². The van der Waals surface area contributed by atoms with E-state index in [4.69, 9.17) is 27.9 Å². The first-order valence-electron chi connectivity index (χ1n) is 8.18. The highest BCUT2D eigenvalue weighted by Gasteiger charge is 2.10. The van der Waals surface area contributed by atoms with Gasteiger partial charge in [-0.3, -0.25) is 0 Å². The molecule has 3 heteroatoms. The molecule has 2 aromatic rings. The molecule has 0 radical (unpaired) electrons. The summed E-state index contributed by atoms with van der Waals surface area (Å²) >= 11 is 12.1. The van der Waals surface area contributed by atoms with Gasteiger partial charge in [-0.2, -0.15) is 0 Å². The van der Waals surface area contributed by atoms with Crippen LogP contribution in [0.5, 0.6) is 0 Å². The molecule has 0 aliphatic carbocycles. The van der Waals surface area contributed by atoms with E-state index in [9.17, 15) is 0 Å². The molecule has 0 saturated carbocycles. The van der Waals surface area contributed by atoms with Gasteiger partial charge in [0, 0.05) is 10.0 Å². The third-order valence-corrected chi connectivity index (χ3v) is 3.59. The highest BCUT2D eigenvalue weighted by Crippen LogP contribution is 2.27. The van der Waals surface area contributed by atoms with E-state index >= 15 is 0 Å². The summed E-state index contributed by atoms with van der Waals surface area (Å²) in [5.41, 5.74) is 3.26. The second-order valence-corrected chi connectivity index (χ2v) is 5.45. The minimum atomic E-state index is -0.0382. The molecule has 0 aliphatic rings. The van der Waals surface area contributed by atoms with Crippen molar-refractivity contribution in [3.8, 4) is 0 Å². The number of ether oxygens (including phenoxy) is 1. The van der Waals surface area contributed by atoms with Crippen molar-refractivity contribution in [3.05, 3.63) is 69.2 Å². The van der Waals surface area contributed by atoms with Crippen molar-refractivity contribution >= 4 is 23.2 Å². The van der Waals surface area contributed by atoms with Crippen LogP contribution in [0.2, 0.25) is 10.0 Å². The molecule has 2 aromatic carbocycles. The number of hydrogen-bond acceptors (Lipinski definition) is 1. The maximum Gasteiger partial charge on any atom is 0.0815 e. The molecule has 0 fully saturated rings. The summed E-state index contributed by atoms with van der Waals surface area (Å²) in [7, 11) is 0. The van der Waals surface area contributed by atoms with Gasteiger partial charge in [-0.1, -0.05) is 75.2 Å². The zero-order valence-corrected chi connectivity index (χ0v) is 16.5. The Labute approximate surface area is 151 Å². The zero-order valence-electron chi connectivity index (χ0n) is 15.0. The van der Waals surface area contributed by atoms with Crippen molar-refractivity contribution in [2.24, 2.45) is 0 Å². The normalized spacial score (nSPS) is 10.8. The van der Waals surface area contributed by atoms with Crippen LogP contribution in [0.15, 0.2) is 42.5 Å². The van der Waals surface area contributed by atoms with E-state index in [0.29, 0.717) is 6.61 Å². The van der Waals surface area contributed by atoms with Crippen LogP contribution in [-0.2, 0) is 11.3 Å². The molecule has 23 heavy (non-hydrogen) atoms. The predicted molar refractivity (Wildman–Crippen MR) is 104 cm³/mol. The Morgan fingerprint density at radius 2 is 1.48 bits per heavy atom. The van der Waals surface area contributed by atoms with Crippen molar-refractivity contribution in [2.75, 3.05) is 0 Å². The summed E-state index contributed by atoms with van der Waals surface area (Å²) in [6, 6.07) is 13.7. The largest absolute Gasteiger partial charge is 0.369 e. The highest BCUT2D eigenvalue weighted by atomic mass is 35.5. The second-order valence-electron chi connectivity index (χ2n) is 4.60. The minimum Gasteiger partial charge on any atom is -0.369 e. The van der Waals surface area contributed by atoms with Gasteiger partial charge in [0.25, 0.3) is 0 Å². The second kappa shape index (κ2) is 12.4. The van der Waals surface area contributed by atoms with Crippen LogP contribution < -0.4 is 0 Å². The molecular formula is C20H28Cl2O. The molecule has 0 heterocycles. The quantitative estimate of drug-likeness (QED) is 0.548. The topological polar surface area (TPSA) is 9.23 Å². The fourth-order valence-corrected chi connectivity index (χ4v) is 2.37. The standard InChI is InChI=1S/C16H16Cl2O.2C2H6/c1-11-3-8-15(16(18)9-11)12(2)19-10-13-4-6-14(17)7-5-13;2*1-2/h3-9,12H,10H2,1-2H3;2*1-2H3. The number of aryl methyl sites for hydroxylation is 1. The van der Waals surface area contributed by atoms with E-state index in [1.807, 2.05) is 84.0 Å². The van der Waals surface area contributed by atoms with Crippen LogP contribution in [0.25, 0.3) is 0 Å². The van der Waals surface area contributed by atoms with Crippen molar-refractivity contribution in [1.82, 2.24) is 0 Å². The SMILES string of the molecule is CC.CC.Cc1ccc(C(C)OCc2ccc(Cl)cc2)c(Cl)c1. The summed E-state index contributed by atoms with van der Waals surface area (Å²) in [6.07, 6.45) is -0.0382. The average Bonchev–Trinajstić information content (AvgIpc) is 2.58. The Morgan fingerprint density at radius 3 is 2.00 bits per heavy atom. The lowest BCUT2D eigenvalue weighted by molar-refractivity contribution is 0.0526. The zero-order chi connectivity index (χ0) is 17.8. The lowest BCUT2D eigenvalue weighted by atomic mass is 10.1. The van der Waals surface area contributed by atoms with Crippen LogP contribution in [0.3, 0.4) is 0 Å². The van der Waals surface area contributed by atoms with Crippen LogP contribution in [0.1, 0.15) is 57.4 Å². The number of rotatable bonds is 4. The van der Waals surface area contributed by atoms with E-state index < -0.39 is 0 Å². The molecule has 1 atom stereocenters. The van der Waals surface area contributed by atoms with Gasteiger partial charge in [-0.15, -0.1) is 0 Å². The fraction of sp³-hybridized carbons (Fsp3) is 0.400. The Hall–Kier alpha value is -1.02. The van der Waals surface area contributed by atoms with Crippen LogP contribution in [0.4, 0.5) is 0 Å². The third-order valence-electron chi connectivity index (χ3n) is 3.01. The maximum absolute atomic E-state index is 6.23. The molecule has 2 rings (SSSR count). The monoisotopic (exact) mass is 354 g/mol. The molecule has 0 saturated heterocycles. The Balaban J connectivity index is 0.00000112. The molecule has 0 spiro atoms. The van der Waals surface area contributed by atoms with Crippen molar-refractivity contribution in [2.45, 2.75) is 54.3 Å². The van der Waals surface area contributed by atoms with Crippen molar-refractivity contribution in [1.29, 1.82) is 0 Å². The molecular weight excluding hydrogens is 327 g/mol. The molecule has 0 aromatic heterocycles. The fourth-order valence-electron chi connectivity index (χ4n) is 1.85. The Kier molecular flexibility index (Phi) is 11.9. The number of halogens is 2. The summed E-state index contributed by atoms with van der Waals surface area (Å²) in [5, 5.41) is 1.49. The van der Waals surface area contributed by atoms with Gasteiger partial charge in [0.05, 0.1) is 12.7 Å². The van der Waals surface area contributed by atoms with E-state index in [0.717, 1.165) is 26.7 Å². The molecule has 1 nitrogen and oxygen atoms in total. The van der Waals surface area contributed by atoms with Gasteiger partial charge in [-0.25, -0.2) is 0 Å². The Morgan fingerprint density at radius 1 is 0.913 bits per heavy atom. The highest BCUT2D eigenvalue weighted by molar-refractivity contribution is 6.31. The molecule has 0 amide bonds. The van der Waals surface area contributed by atoms with E-state index in [1.165, 1.54) is 0 Å². The number of hydrogen-bond donors (Lipinski definition) is 0. The molecule has 0 N–H and O–H groups in total. The lowest BCUT2D eigenvalue weighted by Gasteiger charge is -2.15. The predicted octanol–water partition coefficient (Wildman–Crippen LogP) is 7.63. The van der Waals surface area contributed by atoms with E-state index in [-0.39, 0.29) is 6.10 Å². The van der Waals surface area contributed by atoms with Crippen molar-refractivity contribution < 1.29 is 4.74 Å². The van der Waals surface area contributed by atoms with Crippen LogP contribution >= 0.6 is 23.2 Å². The summed E-state index contributed by atoms with van der Waals surface area (Å²) in [4.78, 5) is 0. The summed E-state index contributed by atoms with van der Waals surface area (Å²) in [5.74, 6) is 0. The number of benzene rings is 2. The molecule has 128 valence electrons. The van der Waals surface area contributed by atoms with E-state index in [1.54, 1.807) is 0 Å². The minimum absolute atomic E-state index is 0.0382. The summed E-state index contributed by atoms with van der Waals surface area (Å²) in [6.45, 7) is 12.6. The van der Waals surface area contributed by atoms with Gasteiger partial charge in [0.2, 0.25) is 0 Å². The summed E-state index contributed by atoms with van der Waals surface area (Å²) < 4.78 is 5.85. The van der Waals surface area contributed by atoms with Gasteiger partial charge in [0.15, 0.2) is 0 Å². The van der Waals surface area contributed by atoms with Crippen LogP contribution in [0, 0.1) is 6.92 Å². The van der Waals surface area contributed by atoms with Crippen LogP contribution in [-0.4, -0.2) is 0 Å². The molecule has 0 bridgehead atoms. The van der Waals surface area contributed by atoms with Crippen molar-refractivity contribution in [3.63, 3.8) is 0 Å². The first kappa shape index (κ1) is 22.0. The third kappa shape index (κ3) is 7.87. The van der Waals surface area contributed by atoms with Gasteiger partial charge in [-0.05, 0) is 48.7 Å². The smallest absolute Gasteiger partial charge is 0.0815 e.